The topological polar surface area (TPSA) is 45.1 Å². The minimum absolute atomic E-state index is 0.280. The van der Waals surface area contributed by atoms with Gasteiger partial charge >= 0.3 is 0 Å². The number of rotatable bonds is 4. The lowest BCUT2D eigenvalue weighted by atomic mass is 10.3. The maximum absolute atomic E-state index is 9.07. The van der Waals surface area contributed by atoms with E-state index in [9.17, 15) is 0 Å². The van der Waals surface area contributed by atoms with Gasteiger partial charge in [0, 0.05) is 12.7 Å². The minimum Gasteiger partial charge on any atom is -0.393 e. The third kappa shape index (κ3) is 3.98. The van der Waals surface area contributed by atoms with Gasteiger partial charge in [0.05, 0.1) is 15.4 Å². The van der Waals surface area contributed by atoms with Crippen molar-refractivity contribution in [3.05, 3.63) is 21.0 Å². The van der Waals surface area contributed by atoms with Crippen LogP contribution in [0.4, 0.5) is 5.69 Å². The third-order valence-electron chi connectivity index (χ3n) is 1.70. The Balaban J connectivity index is 2.53. The quantitative estimate of drug-likeness (QED) is 0.660. The van der Waals surface area contributed by atoms with Gasteiger partial charge in [-0.25, -0.2) is 4.98 Å². The van der Waals surface area contributed by atoms with Crippen LogP contribution in [0.5, 0.6) is 0 Å². The first kappa shape index (κ1) is 12.0. The molecule has 0 aliphatic heterocycles. The van der Waals surface area contributed by atoms with E-state index in [-0.39, 0.29) is 6.10 Å². The molecule has 1 atom stereocenters. The average molecular weight is 327 g/mol. The molecular formula is C9H12ClIN2O. The van der Waals surface area contributed by atoms with Crippen molar-refractivity contribution in [3.8, 4) is 0 Å². The molecule has 0 radical (unpaired) electrons. The van der Waals surface area contributed by atoms with Gasteiger partial charge in [-0.05, 0) is 42.0 Å². The monoisotopic (exact) mass is 326 g/mol. The molecule has 0 fully saturated rings. The highest BCUT2D eigenvalue weighted by molar-refractivity contribution is 14.1. The Morgan fingerprint density at radius 2 is 2.43 bits per heavy atom. The predicted octanol–water partition coefficient (Wildman–Crippen LogP) is 2.52. The zero-order chi connectivity index (χ0) is 10.6. The highest BCUT2D eigenvalue weighted by Gasteiger charge is 2.01. The zero-order valence-corrected chi connectivity index (χ0v) is 10.7. The Morgan fingerprint density at radius 3 is 3.07 bits per heavy atom. The number of anilines is 1. The van der Waals surface area contributed by atoms with Crippen LogP contribution in [0.1, 0.15) is 13.3 Å². The molecular weight excluding hydrogens is 314 g/mol. The Morgan fingerprint density at radius 1 is 1.71 bits per heavy atom. The molecule has 0 saturated carbocycles. The number of hydrogen-bond acceptors (Lipinski definition) is 3. The molecule has 0 bridgehead atoms. The molecule has 0 amide bonds. The van der Waals surface area contributed by atoms with E-state index in [0.29, 0.717) is 5.15 Å². The lowest BCUT2D eigenvalue weighted by Crippen LogP contribution is -2.10. The second-order valence-corrected chi connectivity index (χ2v) is 4.60. The fraction of sp³-hybridized carbons (Fsp3) is 0.444. The minimum atomic E-state index is -0.280. The van der Waals surface area contributed by atoms with Crippen molar-refractivity contribution in [1.29, 1.82) is 0 Å². The van der Waals surface area contributed by atoms with E-state index in [0.717, 1.165) is 22.2 Å². The van der Waals surface area contributed by atoms with Crippen LogP contribution < -0.4 is 5.32 Å². The summed E-state index contributed by atoms with van der Waals surface area (Å²) in [5.74, 6) is 0. The summed E-state index contributed by atoms with van der Waals surface area (Å²) in [4.78, 5) is 3.95. The molecule has 14 heavy (non-hydrogen) atoms. The number of hydrogen-bond donors (Lipinski definition) is 2. The number of halogens is 2. The molecule has 1 rings (SSSR count). The first-order valence-corrected chi connectivity index (χ1v) is 5.78. The van der Waals surface area contributed by atoms with Crippen LogP contribution in [0.3, 0.4) is 0 Å². The summed E-state index contributed by atoms with van der Waals surface area (Å²) >= 11 is 7.94. The largest absolute Gasteiger partial charge is 0.393 e. The summed E-state index contributed by atoms with van der Waals surface area (Å²) in [5.41, 5.74) is 0.964. The zero-order valence-electron chi connectivity index (χ0n) is 7.80. The summed E-state index contributed by atoms with van der Waals surface area (Å²) < 4.78 is 1.03. The SMILES string of the molecule is C[C@H](O)CCNc1cc(Cl)ncc1I. The van der Waals surface area contributed by atoms with Gasteiger partial charge in [-0.1, -0.05) is 11.6 Å². The van der Waals surface area contributed by atoms with E-state index < -0.39 is 0 Å². The van der Waals surface area contributed by atoms with Gasteiger partial charge in [-0.15, -0.1) is 0 Å². The molecule has 1 aromatic rings. The summed E-state index contributed by atoms with van der Waals surface area (Å²) in [5, 5.41) is 12.7. The Hall–Kier alpha value is -0.0700. The summed E-state index contributed by atoms with van der Waals surface area (Å²) in [6, 6.07) is 1.78. The van der Waals surface area contributed by atoms with E-state index in [1.54, 1.807) is 19.2 Å². The maximum Gasteiger partial charge on any atom is 0.131 e. The summed E-state index contributed by atoms with van der Waals surface area (Å²) in [6.07, 6.45) is 2.15. The molecule has 2 N–H and O–H groups in total. The normalized spacial score (nSPS) is 12.6. The van der Waals surface area contributed by atoms with Gasteiger partial charge < -0.3 is 10.4 Å². The molecule has 3 nitrogen and oxygen atoms in total. The van der Waals surface area contributed by atoms with Gasteiger partial charge in [0.2, 0.25) is 0 Å². The van der Waals surface area contributed by atoms with Crippen molar-refractivity contribution in [3.63, 3.8) is 0 Å². The highest BCUT2D eigenvalue weighted by atomic mass is 127. The molecule has 0 aliphatic rings. The van der Waals surface area contributed by atoms with Crippen molar-refractivity contribution in [1.82, 2.24) is 4.98 Å². The molecule has 0 spiro atoms. The molecule has 1 heterocycles. The van der Waals surface area contributed by atoms with Gasteiger partial charge in [0.1, 0.15) is 5.15 Å². The number of nitrogens with one attached hydrogen (secondary N) is 1. The average Bonchev–Trinajstić information content (AvgIpc) is 2.10. The fourth-order valence-corrected chi connectivity index (χ4v) is 1.61. The van der Waals surface area contributed by atoms with E-state index in [2.05, 4.69) is 32.9 Å². The van der Waals surface area contributed by atoms with Crippen LogP contribution in [-0.2, 0) is 0 Å². The number of pyridine rings is 1. The lowest BCUT2D eigenvalue weighted by Gasteiger charge is -2.09. The van der Waals surface area contributed by atoms with Crippen molar-refractivity contribution >= 4 is 39.9 Å². The molecule has 0 unspecified atom stereocenters. The molecule has 78 valence electrons. The van der Waals surface area contributed by atoms with E-state index in [1.807, 2.05) is 0 Å². The number of aromatic nitrogens is 1. The molecule has 0 saturated heterocycles. The van der Waals surface area contributed by atoms with E-state index in [4.69, 9.17) is 16.7 Å². The van der Waals surface area contributed by atoms with Gasteiger partial charge in [-0.2, -0.15) is 0 Å². The molecule has 0 aliphatic carbocycles. The van der Waals surface area contributed by atoms with Gasteiger partial charge in [-0.3, -0.25) is 0 Å². The van der Waals surface area contributed by atoms with Crippen LogP contribution >= 0.6 is 34.2 Å². The number of nitrogens with zero attached hydrogens (tertiary/aromatic N) is 1. The number of aliphatic hydroxyl groups excluding tert-OH is 1. The first-order valence-electron chi connectivity index (χ1n) is 4.32. The molecule has 1 aromatic heterocycles. The number of aliphatic hydroxyl groups is 1. The van der Waals surface area contributed by atoms with E-state index >= 15 is 0 Å². The standard InChI is InChI=1S/C9H12ClIN2O/c1-6(14)2-3-12-8-4-9(10)13-5-7(8)11/h4-6,14H,2-3H2,1H3,(H,12,13)/t6-/m0/s1. The van der Waals surface area contributed by atoms with Crippen LogP contribution in [0.25, 0.3) is 0 Å². The summed E-state index contributed by atoms with van der Waals surface area (Å²) in [6.45, 7) is 2.50. The fourth-order valence-electron chi connectivity index (χ4n) is 0.964. The molecule has 0 aromatic carbocycles. The van der Waals surface area contributed by atoms with Crippen LogP contribution in [-0.4, -0.2) is 22.7 Å². The Labute approximate surface area is 102 Å². The van der Waals surface area contributed by atoms with Crippen LogP contribution in [0.2, 0.25) is 5.15 Å². The first-order chi connectivity index (χ1) is 6.59. The Kier molecular flexibility index (Phi) is 4.91. The summed E-state index contributed by atoms with van der Waals surface area (Å²) in [7, 11) is 0. The van der Waals surface area contributed by atoms with Gasteiger partial charge in [0.25, 0.3) is 0 Å². The maximum atomic E-state index is 9.07. The Bertz CT molecular complexity index is 307. The van der Waals surface area contributed by atoms with Crippen molar-refractivity contribution < 1.29 is 5.11 Å². The van der Waals surface area contributed by atoms with Crippen LogP contribution in [0.15, 0.2) is 12.3 Å². The second kappa shape index (κ2) is 5.72. The van der Waals surface area contributed by atoms with Crippen molar-refractivity contribution in [2.75, 3.05) is 11.9 Å². The highest BCUT2D eigenvalue weighted by Crippen LogP contribution is 2.20. The van der Waals surface area contributed by atoms with Gasteiger partial charge in [0.15, 0.2) is 0 Å². The van der Waals surface area contributed by atoms with Crippen molar-refractivity contribution in [2.45, 2.75) is 19.4 Å². The smallest absolute Gasteiger partial charge is 0.131 e. The predicted molar refractivity (Wildman–Crippen MR) is 66.8 cm³/mol. The second-order valence-electron chi connectivity index (χ2n) is 3.05. The van der Waals surface area contributed by atoms with Crippen molar-refractivity contribution in [2.24, 2.45) is 0 Å². The molecule has 5 heteroatoms. The van der Waals surface area contributed by atoms with Crippen LogP contribution in [0, 0.1) is 3.57 Å². The van der Waals surface area contributed by atoms with E-state index in [1.165, 1.54) is 0 Å². The third-order valence-corrected chi connectivity index (χ3v) is 2.77. The lowest BCUT2D eigenvalue weighted by molar-refractivity contribution is 0.189.